The van der Waals surface area contributed by atoms with E-state index in [0.717, 1.165) is 11.3 Å². The van der Waals surface area contributed by atoms with E-state index < -0.39 is 0 Å². The number of benzene rings is 1. The Hall–Kier alpha value is -3.49. The number of nitrogen functional groups attached to an aromatic ring is 1. The van der Waals surface area contributed by atoms with Crippen molar-refractivity contribution in [1.29, 1.82) is 0 Å². The molecule has 0 unspecified atom stereocenters. The summed E-state index contributed by atoms with van der Waals surface area (Å²) in [5, 5.41) is 9.51. The van der Waals surface area contributed by atoms with Crippen LogP contribution < -0.4 is 16.4 Å². The minimum atomic E-state index is -0.134. The maximum atomic E-state index is 11.8. The largest absolute Gasteiger partial charge is 0.383 e. The molecule has 3 aromatic rings. The lowest BCUT2D eigenvalue weighted by atomic mass is 10.1. The van der Waals surface area contributed by atoms with Crippen LogP contribution in [0.25, 0.3) is 11.5 Å². The summed E-state index contributed by atoms with van der Waals surface area (Å²) in [6, 6.07) is 5.35. The van der Waals surface area contributed by atoms with E-state index in [4.69, 9.17) is 10.3 Å². The molecule has 3 rings (SSSR count). The number of nitrogens with one attached hydrogen (secondary N) is 2. The van der Waals surface area contributed by atoms with Crippen molar-refractivity contribution in [2.45, 2.75) is 20.3 Å². The lowest BCUT2D eigenvalue weighted by Crippen LogP contribution is -2.18. The number of hydrogen-bond donors (Lipinski definition) is 3. The van der Waals surface area contributed by atoms with E-state index >= 15 is 0 Å². The van der Waals surface area contributed by atoms with Crippen molar-refractivity contribution >= 4 is 23.4 Å². The van der Waals surface area contributed by atoms with Crippen molar-refractivity contribution in [3.63, 3.8) is 0 Å². The van der Waals surface area contributed by atoms with Crippen LogP contribution in [0.15, 0.2) is 28.9 Å². The van der Waals surface area contributed by atoms with Crippen molar-refractivity contribution in [2.75, 3.05) is 18.1 Å². The van der Waals surface area contributed by atoms with Gasteiger partial charge in [0.15, 0.2) is 5.82 Å². The third-order valence-corrected chi connectivity index (χ3v) is 3.79. The summed E-state index contributed by atoms with van der Waals surface area (Å²) in [5.41, 5.74) is 8.66. The zero-order valence-corrected chi connectivity index (χ0v) is 14.7. The highest BCUT2D eigenvalue weighted by atomic mass is 16.5. The minimum Gasteiger partial charge on any atom is -0.383 e. The van der Waals surface area contributed by atoms with Crippen LogP contribution in [-0.2, 0) is 6.42 Å². The van der Waals surface area contributed by atoms with Gasteiger partial charge in [-0.25, -0.2) is 4.98 Å². The summed E-state index contributed by atoms with van der Waals surface area (Å²) < 4.78 is 5.16. The first kappa shape index (κ1) is 17.3. The van der Waals surface area contributed by atoms with Crippen molar-refractivity contribution in [1.82, 2.24) is 25.4 Å². The smallest absolute Gasteiger partial charge is 0.263 e. The van der Waals surface area contributed by atoms with Crippen molar-refractivity contribution in [3.05, 3.63) is 41.3 Å². The molecule has 1 amide bonds. The van der Waals surface area contributed by atoms with Crippen LogP contribution >= 0.6 is 0 Å². The Morgan fingerprint density at radius 3 is 2.73 bits per heavy atom. The van der Waals surface area contributed by atoms with Gasteiger partial charge >= 0.3 is 0 Å². The summed E-state index contributed by atoms with van der Waals surface area (Å²) >= 11 is 0. The van der Waals surface area contributed by atoms with Crippen molar-refractivity contribution < 1.29 is 9.32 Å². The molecular weight excluding hydrogens is 334 g/mol. The molecule has 0 aliphatic heterocycles. The van der Waals surface area contributed by atoms with Gasteiger partial charge in [0.25, 0.3) is 11.8 Å². The highest BCUT2D eigenvalue weighted by Gasteiger charge is 2.14. The number of aromatic nitrogens is 4. The van der Waals surface area contributed by atoms with E-state index in [9.17, 15) is 4.79 Å². The Morgan fingerprint density at radius 2 is 2.12 bits per heavy atom. The van der Waals surface area contributed by atoms with E-state index in [1.807, 2.05) is 19.9 Å². The molecule has 0 aliphatic carbocycles. The summed E-state index contributed by atoms with van der Waals surface area (Å²) in [4.78, 5) is 24.4. The number of hydrogen-bond acceptors (Lipinski definition) is 8. The van der Waals surface area contributed by atoms with Crippen LogP contribution in [0.1, 0.15) is 28.7 Å². The van der Waals surface area contributed by atoms with E-state index in [1.165, 1.54) is 6.20 Å². The lowest BCUT2D eigenvalue weighted by Gasteiger charge is -2.09. The highest BCUT2D eigenvalue weighted by Crippen LogP contribution is 2.24. The molecule has 4 N–H and O–H groups in total. The number of anilines is 3. The third kappa shape index (κ3) is 3.46. The second kappa shape index (κ2) is 7.18. The second-order valence-electron chi connectivity index (χ2n) is 5.60. The van der Waals surface area contributed by atoms with Crippen LogP contribution in [0, 0.1) is 6.92 Å². The number of amides is 1. The van der Waals surface area contributed by atoms with Gasteiger partial charge in [0.2, 0.25) is 5.95 Å². The molecule has 0 fully saturated rings. The van der Waals surface area contributed by atoms with Gasteiger partial charge in [0, 0.05) is 30.9 Å². The average molecular weight is 353 g/mol. The fourth-order valence-corrected chi connectivity index (χ4v) is 2.39. The van der Waals surface area contributed by atoms with E-state index in [2.05, 4.69) is 30.7 Å². The van der Waals surface area contributed by atoms with Gasteiger partial charge < -0.3 is 20.9 Å². The molecular formula is C17H19N7O2. The van der Waals surface area contributed by atoms with E-state index in [1.54, 1.807) is 19.2 Å². The Balaban J connectivity index is 1.81. The summed E-state index contributed by atoms with van der Waals surface area (Å²) in [7, 11) is 1.60. The van der Waals surface area contributed by atoms with E-state index in [0.29, 0.717) is 29.3 Å². The van der Waals surface area contributed by atoms with Gasteiger partial charge in [-0.15, -0.1) is 0 Å². The zero-order chi connectivity index (χ0) is 18.7. The number of aryl methyl sites for hydroxylation is 2. The molecule has 26 heavy (non-hydrogen) atoms. The van der Waals surface area contributed by atoms with Crippen molar-refractivity contribution in [2.24, 2.45) is 0 Å². The standard InChI is InChI=1S/C17H19N7O2/c1-4-13-22-16(26-24-13)12-8-20-17(23-14(12)18)21-10-5-6-11(9(2)7-10)15(25)19-3/h5-8H,4H2,1-3H3,(H,19,25)(H3,18,20,21,23). The second-order valence-corrected chi connectivity index (χ2v) is 5.60. The maximum Gasteiger partial charge on any atom is 0.263 e. The highest BCUT2D eigenvalue weighted by molar-refractivity contribution is 5.95. The first-order chi connectivity index (χ1) is 12.5. The number of nitrogens with zero attached hydrogens (tertiary/aromatic N) is 4. The molecule has 2 heterocycles. The molecule has 0 saturated heterocycles. The van der Waals surface area contributed by atoms with Crippen LogP contribution in [0.5, 0.6) is 0 Å². The fourth-order valence-electron chi connectivity index (χ4n) is 2.39. The number of carbonyl (C=O) groups is 1. The lowest BCUT2D eigenvalue weighted by molar-refractivity contribution is 0.0962. The summed E-state index contributed by atoms with van der Waals surface area (Å²) in [5.74, 6) is 1.30. The van der Waals surface area contributed by atoms with Crippen LogP contribution in [0.2, 0.25) is 0 Å². The molecule has 9 nitrogen and oxygen atoms in total. The average Bonchev–Trinajstić information content (AvgIpc) is 3.10. The van der Waals surface area contributed by atoms with Gasteiger partial charge in [-0.05, 0) is 30.7 Å². The Bertz CT molecular complexity index is 952. The Kier molecular flexibility index (Phi) is 4.78. The summed E-state index contributed by atoms with van der Waals surface area (Å²) in [6.07, 6.45) is 2.19. The number of rotatable bonds is 5. The normalized spacial score (nSPS) is 10.6. The summed E-state index contributed by atoms with van der Waals surface area (Å²) in [6.45, 7) is 3.79. The minimum absolute atomic E-state index is 0.134. The maximum absolute atomic E-state index is 11.8. The predicted molar refractivity (Wildman–Crippen MR) is 97.0 cm³/mol. The van der Waals surface area contributed by atoms with Crippen molar-refractivity contribution in [3.8, 4) is 11.5 Å². The SMILES string of the molecule is CCc1noc(-c2cnc(Nc3ccc(C(=O)NC)c(C)c3)nc2N)n1. The van der Waals surface area contributed by atoms with Gasteiger partial charge in [0.1, 0.15) is 11.4 Å². The van der Waals surface area contributed by atoms with Crippen LogP contribution in [0.3, 0.4) is 0 Å². The monoisotopic (exact) mass is 353 g/mol. The fraction of sp³-hybridized carbons (Fsp3) is 0.235. The van der Waals surface area contributed by atoms with Crippen LogP contribution in [0.4, 0.5) is 17.5 Å². The topological polar surface area (TPSA) is 132 Å². The number of carbonyl (C=O) groups excluding carboxylic acids is 1. The quantitative estimate of drug-likeness (QED) is 0.635. The Labute approximate surface area is 150 Å². The molecule has 0 saturated carbocycles. The molecule has 9 heteroatoms. The Morgan fingerprint density at radius 1 is 1.31 bits per heavy atom. The first-order valence-corrected chi connectivity index (χ1v) is 8.07. The zero-order valence-electron chi connectivity index (χ0n) is 14.7. The van der Waals surface area contributed by atoms with Gasteiger partial charge in [-0.2, -0.15) is 9.97 Å². The molecule has 134 valence electrons. The molecule has 0 radical (unpaired) electrons. The molecule has 0 bridgehead atoms. The number of nitrogens with two attached hydrogens (primary N) is 1. The van der Waals surface area contributed by atoms with Crippen LogP contribution in [-0.4, -0.2) is 33.1 Å². The molecule has 2 aromatic heterocycles. The third-order valence-electron chi connectivity index (χ3n) is 3.79. The predicted octanol–water partition coefficient (Wildman–Crippen LogP) is 2.08. The molecule has 0 spiro atoms. The first-order valence-electron chi connectivity index (χ1n) is 8.07. The molecule has 1 aromatic carbocycles. The molecule has 0 aliphatic rings. The van der Waals surface area contributed by atoms with Gasteiger partial charge in [-0.1, -0.05) is 12.1 Å². The van der Waals surface area contributed by atoms with E-state index in [-0.39, 0.29) is 17.6 Å². The molecule has 0 atom stereocenters. The van der Waals surface area contributed by atoms with Gasteiger partial charge in [0.05, 0.1) is 0 Å². The van der Waals surface area contributed by atoms with Gasteiger partial charge in [-0.3, -0.25) is 4.79 Å².